The molecular formula is C20H21P. The third-order valence-electron chi connectivity index (χ3n) is 3.09. The highest BCUT2D eigenvalue weighted by Gasteiger charge is 1.92. The standard InChI is InChI=1S/C12H11P.C8H10/c1-3-7-11(8-4-1)13-12-9-5-2-6-10-12;1-2-8-6-4-3-5-7-8/h1-10,13H;3-7H,2H2,1H3. The first-order valence-electron chi connectivity index (χ1n) is 7.29. The molecular weight excluding hydrogens is 271 g/mol. The highest BCUT2D eigenvalue weighted by atomic mass is 31.1. The quantitative estimate of drug-likeness (QED) is 0.621. The van der Waals surface area contributed by atoms with Crippen LogP contribution in [0.15, 0.2) is 91.0 Å². The van der Waals surface area contributed by atoms with Crippen molar-refractivity contribution in [1.29, 1.82) is 0 Å². The summed E-state index contributed by atoms with van der Waals surface area (Å²) in [5.41, 5.74) is 1.41. The highest BCUT2D eigenvalue weighted by molar-refractivity contribution is 7.55. The summed E-state index contributed by atoms with van der Waals surface area (Å²) in [6, 6.07) is 31.6. The van der Waals surface area contributed by atoms with Crippen LogP contribution in [0.25, 0.3) is 0 Å². The van der Waals surface area contributed by atoms with Gasteiger partial charge in [0.05, 0.1) is 0 Å². The zero-order chi connectivity index (χ0) is 14.8. The molecule has 3 rings (SSSR count). The monoisotopic (exact) mass is 292 g/mol. The van der Waals surface area contributed by atoms with Gasteiger partial charge in [0.2, 0.25) is 0 Å². The molecule has 21 heavy (non-hydrogen) atoms. The molecule has 0 aliphatic rings. The predicted octanol–water partition coefficient (Wildman–Crippen LogP) is 4.56. The molecule has 0 aliphatic carbocycles. The second-order valence-corrected chi connectivity index (χ2v) is 6.10. The first-order chi connectivity index (χ1) is 10.4. The fourth-order valence-electron chi connectivity index (χ4n) is 1.92. The van der Waals surface area contributed by atoms with Crippen molar-refractivity contribution < 1.29 is 0 Å². The van der Waals surface area contributed by atoms with Gasteiger partial charge < -0.3 is 0 Å². The molecule has 3 aromatic rings. The Morgan fingerprint density at radius 1 is 0.571 bits per heavy atom. The predicted molar refractivity (Wildman–Crippen MR) is 96.3 cm³/mol. The maximum Gasteiger partial charge on any atom is -0.0226 e. The van der Waals surface area contributed by atoms with Crippen molar-refractivity contribution in [2.24, 2.45) is 0 Å². The molecule has 0 saturated heterocycles. The zero-order valence-corrected chi connectivity index (χ0v) is 13.4. The number of hydrogen-bond acceptors (Lipinski definition) is 0. The first kappa shape index (κ1) is 15.5. The SMILES string of the molecule is CCc1ccccc1.c1ccc(Pc2ccccc2)cc1. The molecule has 0 nitrogen and oxygen atoms in total. The van der Waals surface area contributed by atoms with Gasteiger partial charge >= 0.3 is 0 Å². The number of hydrogen-bond donors (Lipinski definition) is 0. The van der Waals surface area contributed by atoms with E-state index < -0.39 is 0 Å². The van der Waals surface area contributed by atoms with Crippen molar-refractivity contribution in [3.8, 4) is 0 Å². The Hall–Kier alpha value is -1.91. The molecule has 0 bridgehead atoms. The summed E-state index contributed by atoms with van der Waals surface area (Å²) in [6.07, 6.45) is 1.14. The van der Waals surface area contributed by atoms with Crippen LogP contribution in [0.4, 0.5) is 0 Å². The van der Waals surface area contributed by atoms with E-state index >= 15 is 0 Å². The Morgan fingerprint density at radius 3 is 1.29 bits per heavy atom. The molecule has 3 aromatic carbocycles. The normalized spacial score (nSPS) is 9.57. The molecule has 0 atom stereocenters. The second-order valence-electron chi connectivity index (χ2n) is 4.70. The van der Waals surface area contributed by atoms with Gasteiger partial charge in [-0.2, -0.15) is 0 Å². The molecule has 0 aromatic heterocycles. The van der Waals surface area contributed by atoms with Crippen LogP contribution in [-0.4, -0.2) is 0 Å². The summed E-state index contributed by atoms with van der Waals surface area (Å²) in [5, 5.41) is 2.79. The minimum Gasteiger partial charge on any atom is -0.0622 e. The summed E-state index contributed by atoms with van der Waals surface area (Å²) >= 11 is 0. The van der Waals surface area contributed by atoms with Crippen LogP contribution in [-0.2, 0) is 6.42 Å². The van der Waals surface area contributed by atoms with Crippen molar-refractivity contribution in [3.63, 3.8) is 0 Å². The second kappa shape index (κ2) is 9.10. The summed E-state index contributed by atoms with van der Waals surface area (Å²) in [5.74, 6) is 0. The number of rotatable bonds is 3. The van der Waals surface area contributed by atoms with Gasteiger partial charge in [-0.05, 0) is 22.6 Å². The lowest BCUT2D eigenvalue weighted by atomic mass is 10.2. The Kier molecular flexibility index (Phi) is 6.71. The van der Waals surface area contributed by atoms with E-state index in [1.807, 2.05) is 6.07 Å². The van der Waals surface area contributed by atoms with Crippen molar-refractivity contribution >= 4 is 19.2 Å². The summed E-state index contributed by atoms with van der Waals surface area (Å²) in [6.45, 7) is 2.16. The summed E-state index contributed by atoms with van der Waals surface area (Å²) < 4.78 is 0. The van der Waals surface area contributed by atoms with E-state index in [4.69, 9.17) is 0 Å². The zero-order valence-electron chi connectivity index (χ0n) is 12.4. The van der Waals surface area contributed by atoms with Crippen molar-refractivity contribution in [1.82, 2.24) is 0 Å². The average molecular weight is 292 g/mol. The van der Waals surface area contributed by atoms with E-state index in [0.717, 1.165) is 15.0 Å². The van der Waals surface area contributed by atoms with Crippen molar-refractivity contribution in [2.45, 2.75) is 13.3 Å². The summed E-state index contributed by atoms with van der Waals surface area (Å²) in [7, 11) is 0.777. The molecule has 0 N–H and O–H groups in total. The van der Waals surface area contributed by atoms with E-state index in [0.29, 0.717) is 0 Å². The van der Waals surface area contributed by atoms with E-state index in [9.17, 15) is 0 Å². The van der Waals surface area contributed by atoms with Gasteiger partial charge in [0.25, 0.3) is 0 Å². The Morgan fingerprint density at radius 2 is 0.952 bits per heavy atom. The first-order valence-corrected chi connectivity index (χ1v) is 8.29. The third kappa shape index (κ3) is 5.94. The van der Waals surface area contributed by atoms with Crippen LogP contribution < -0.4 is 10.6 Å². The largest absolute Gasteiger partial charge is 0.0622 e. The molecule has 0 amide bonds. The van der Waals surface area contributed by atoms with Gasteiger partial charge in [-0.1, -0.05) is 106 Å². The number of aryl methyl sites for hydroxylation is 1. The van der Waals surface area contributed by atoms with E-state index in [1.165, 1.54) is 16.2 Å². The van der Waals surface area contributed by atoms with Gasteiger partial charge in [0.15, 0.2) is 0 Å². The molecule has 0 radical (unpaired) electrons. The molecule has 1 heteroatoms. The molecule has 0 unspecified atom stereocenters. The molecule has 0 fully saturated rings. The minimum absolute atomic E-state index is 0.777. The van der Waals surface area contributed by atoms with Crippen LogP contribution >= 0.6 is 8.58 Å². The Balaban J connectivity index is 0.000000173. The maximum absolute atomic E-state index is 2.17. The smallest absolute Gasteiger partial charge is 0.0226 e. The lowest BCUT2D eigenvalue weighted by Gasteiger charge is -2.00. The topological polar surface area (TPSA) is 0 Å². The Bertz CT molecular complexity index is 566. The van der Waals surface area contributed by atoms with Crippen LogP contribution in [0, 0.1) is 0 Å². The highest BCUT2D eigenvalue weighted by Crippen LogP contribution is 2.08. The Labute approximate surface area is 129 Å². The van der Waals surface area contributed by atoms with Crippen molar-refractivity contribution in [3.05, 3.63) is 96.6 Å². The molecule has 0 spiro atoms. The third-order valence-corrected chi connectivity index (χ3v) is 4.33. The lowest BCUT2D eigenvalue weighted by Crippen LogP contribution is -2.01. The van der Waals surface area contributed by atoms with E-state index in [-0.39, 0.29) is 0 Å². The fourth-order valence-corrected chi connectivity index (χ4v) is 2.97. The average Bonchev–Trinajstić information content (AvgIpc) is 2.58. The number of benzene rings is 3. The van der Waals surface area contributed by atoms with Gasteiger partial charge in [0.1, 0.15) is 0 Å². The van der Waals surface area contributed by atoms with Gasteiger partial charge in [-0.3, -0.25) is 0 Å². The van der Waals surface area contributed by atoms with E-state index in [1.54, 1.807) is 0 Å². The van der Waals surface area contributed by atoms with Crippen LogP contribution in [0.3, 0.4) is 0 Å². The minimum atomic E-state index is 0.777. The lowest BCUT2D eigenvalue weighted by molar-refractivity contribution is 1.14. The van der Waals surface area contributed by atoms with Gasteiger partial charge in [-0.25, -0.2) is 0 Å². The van der Waals surface area contributed by atoms with Crippen LogP contribution in [0.1, 0.15) is 12.5 Å². The van der Waals surface area contributed by atoms with Crippen LogP contribution in [0.2, 0.25) is 0 Å². The fraction of sp³-hybridized carbons (Fsp3) is 0.100. The maximum atomic E-state index is 2.17. The van der Waals surface area contributed by atoms with Crippen molar-refractivity contribution in [2.75, 3.05) is 0 Å². The molecule has 0 saturated carbocycles. The molecule has 106 valence electrons. The molecule has 0 heterocycles. The van der Waals surface area contributed by atoms with E-state index in [2.05, 4.69) is 91.9 Å². The van der Waals surface area contributed by atoms with Crippen LogP contribution in [0.5, 0.6) is 0 Å². The summed E-state index contributed by atoms with van der Waals surface area (Å²) in [4.78, 5) is 0. The van der Waals surface area contributed by atoms with Gasteiger partial charge in [-0.15, -0.1) is 0 Å². The molecule has 0 aliphatic heterocycles. The van der Waals surface area contributed by atoms with Gasteiger partial charge in [0, 0.05) is 0 Å².